The summed E-state index contributed by atoms with van der Waals surface area (Å²) in [5, 5.41) is 15.8. The minimum absolute atomic E-state index is 0.0409. The number of fused-ring (bicyclic) bond motifs is 1. The Hall–Kier alpha value is -3.71. The predicted molar refractivity (Wildman–Crippen MR) is 131 cm³/mol. The topological polar surface area (TPSA) is 73.8 Å². The molecule has 32 heavy (non-hydrogen) atoms. The van der Waals surface area contributed by atoms with Gasteiger partial charge in [0.2, 0.25) is 5.17 Å². The summed E-state index contributed by atoms with van der Waals surface area (Å²) in [5.41, 5.74) is 6.32. The van der Waals surface area contributed by atoms with Crippen LogP contribution in [0.3, 0.4) is 0 Å². The Bertz CT molecular complexity index is 1350. The molecule has 0 saturated heterocycles. The Morgan fingerprint density at radius 2 is 1.72 bits per heavy atom. The van der Waals surface area contributed by atoms with Crippen LogP contribution < -0.4 is 0 Å². The highest BCUT2D eigenvalue weighted by molar-refractivity contribution is 8.27. The first-order valence-corrected chi connectivity index (χ1v) is 11.1. The van der Waals surface area contributed by atoms with Gasteiger partial charge >= 0.3 is 0 Å². The number of nitrogens with one attached hydrogen (secondary N) is 1. The average Bonchev–Trinajstić information content (AvgIpc) is 3.33. The van der Waals surface area contributed by atoms with E-state index in [-0.39, 0.29) is 11.4 Å². The fourth-order valence-electron chi connectivity index (χ4n) is 3.87. The molecule has 0 fully saturated rings. The van der Waals surface area contributed by atoms with Gasteiger partial charge in [0.25, 0.3) is 5.91 Å². The van der Waals surface area contributed by atoms with Crippen LogP contribution in [0.15, 0.2) is 76.3 Å². The van der Waals surface area contributed by atoms with E-state index in [1.807, 2.05) is 81.4 Å². The number of amidine groups is 2. The number of hydrazone groups is 1. The maximum absolute atomic E-state index is 12.8. The maximum atomic E-state index is 12.8. The van der Waals surface area contributed by atoms with Crippen molar-refractivity contribution in [3.8, 4) is 5.69 Å². The number of amides is 1. The van der Waals surface area contributed by atoms with Gasteiger partial charge in [-0.15, -0.1) is 0 Å². The van der Waals surface area contributed by atoms with Crippen LogP contribution in [0.25, 0.3) is 11.8 Å². The van der Waals surface area contributed by atoms with Gasteiger partial charge in [0, 0.05) is 22.6 Å². The molecule has 158 valence electrons. The van der Waals surface area contributed by atoms with Gasteiger partial charge in [0.05, 0.1) is 5.57 Å². The molecule has 0 aliphatic carbocycles. The molecule has 1 aromatic heterocycles. The van der Waals surface area contributed by atoms with Crippen LogP contribution in [0.2, 0.25) is 0 Å². The number of aryl methyl sites for hydroxylation is 2. The molecule has 7 heteroatoms. The van der Waals surface area contributed by atoms with Crippen molar-refractivity contribution in [3.05, 3.63) is 94.3 Å². The summed E-state index contributed by atoms with van der Waals surface area (Å²) in [7, 11) is 0. The number of nitrogens with zero attached hydrogens (tertiary/aromatic N) is 4. The van der Waals surface area contributed by atoms with Crippen LogP contribution in [0.4, 0.5) is 0 Å². The third-order valence-electron chi connectivity index (χ3n) is 5.54. The van der Waals surface area contributed by atoms with Crippen molar-refractivity contribution >= 4 is 39.8 Å². The lowest BCUT2D eigenvalue weighted by Crippen LogP contribution is -2.35. The number of benzene rings is 2. The zero-order valence-corrected chi connectivity index (χ0v) is 18.8. The van der Waals surface area contributed by atoms with E-state index in [9.17, 15) is 4.79 Å². The fourth-order valence-corrected chi connectivity index (χ4v) is 4.77. The molecule has 3 heterocycles. The molecule has 2 aliphatic heterocycles. The number of hydrogen-bond donors (Lipinski definition) is 1. The van der Waals surface area contributed by atoms with Crippen LogP contribution in [-0.4, -0.2) is 31.5 Å². The zero-order chi connectivity index (χ0) is 22.4. The second-order valence-electron chi connectivity index (χ2n) is 7.79. The van der Waals surface area contributed by atoms with Crippen LogP contribution >= 0.6 is 11.8 Å². The number of aromatic nitrogens is 1. The summed E-state index contributed by atoms with van der Waals surface area (Å²) in [6, 6.07) is 20.1. The van der Waals surface area contributed by atoms with Gasteiger partial charge in [-0.1, -0.05) is 48.0 Å². The molecule has 0 bridgehead atoms. The van der Waals surface area contributed by atoms with Crippen molar-refractivity contribution in [2.45, 2.75) is 20.8 Å². The smallest absolute Gasteiger partial charge is 0.283 e. The monoisotopic (exact) mass is 439 g/mol. The summed E-state index contributed by atoms with van der Waals surface area (Å²) in [4.78, 5) is 17.0. The number of para-hydroxylation sites is 1. The molecule has 6 nitrogen and oxygen atoms in total. The lowest BCUT2D eigenvalue weighted by Gasteiger charge is -2.20. The number of thioether (sulfide) groups is 1. The lowest BCUT2D eigenvalue weighted by atomic mass is 10.1. The molecule has 0 atom stereocenters. The number of aliphatic imine (C=N–C) groups is 1. The molecule has 5 rings (SSSR count). The van der Waals surface area contributed by atoms with E-state index in [1.54, 1.807) is 6.08 Å². The lowest BCUT2D eigenvalue weighted by molar-refractivity contribution is -0.114. The Morgan fingerprint density at radius 3 is 2.44 bits per heavy atom. The van der Waals surface area contributed by atoms with Crippen molar-refractivity contribution in [2.75, 3.05) is 0 Å². The van der Waals surface area contributed by atoms with E-state index in [0.717, 1.165) is 38.8 Å². The summed E-state index contributed by atoms with van der Waals surface area (Å²) < 4.78 is 2.14. The third-order valence-corrected chi connectivity index (χ3v) is 6.50. The normalized spacial score (nSPS) is 17.0. The van der Waals surface area contributed by atoms with Gasteiger partial charge in [-0.25, -0.2) is 0 Å². The van der Waals surface area contributed by atoms with Crippen LogP contribution in [0.1, 0.15) is 28.1 Å². The average molecular weight is 440 g/mol. The molecule has 0 unspecified atom stereocenters. The quantitative estimate of drug-likeness (QED) is 0.579. The van der Waals surface area contributed by atoms with Crippen LogP contribution in [0.5, 0.6) is 0 Å². The van der Waals surface area contributed by atoms with Gasteiger partial charge in [-0.05, 0) is 62.4 Å². The first-order valence-electron chi connectivity index (χ1n) is 10.2. The minimum Gasteiger partial charge on any atom is -0.318 e. The molecule has 1 N–H and O–H groups in total. The first kappa shape index (κ1) is 20.2. The van der Waals surface area contributed by atoms with Gasteiger partial charge in [-0.2, -0.15) is 15.1 Å². The first-order chi connectivity index (χ1) is 15.4. The van der Waals surface area contributed by atoms with E-state index in [0.29, 0.717) is 5.17 Å². The van der Waals surface area contributed by atoms with Crippen molar-refractivity contribution in [1.82, 2.24) is 9.58 Å². The van der Waals surface area contributed by atoms with Crippen LogP contribution in [-0.2, 0) is 4.79 Å². The van der Waals surface area contributed by atoms with Crippen molar-refractivity contribution in [1.29, 1.82) is 5.41 Å². The number of rotatable bonds is 3. The number of carbonyl (C=O) groups excluding carboxylic acids is 1. The highest BCUT2D eigenvalue weighted by Gasteiger charge is 2.36. The second kappa shape index (κ2) is 7.76. The van der Waals surface area contributed by atoms with E-state index in [1.165, 1.54) is 16.8 Å². The van der Waals surface area contributed by atoms with Gasteiger partial charge < -0.3 is 4.57 Å². The molecule has 0 spiro atoms. The van der Waals surface area contributed by atoms with Gasteiger partial charge in [0.15, 0.2) is 5.84 Å². The summed E-state index contributed by atoms with van der Waals surface area (Å²) in [6.07, 6.45) is 1.75. The highest BCUT2D eigenvalue weighted by atomic mass is 32.2. The van der Waals surface area contributed by atoms with E-state index >= 15 is 0 Å². The molecule has 0 radical (unpaired) electrons. The summed E-state index contributed by atoms with van der Waals surface area (Å²) in [5.74, 6) is -0.377. The minimum atomic E-state index is -0.418. The molecule has 2 aliphatic rings. The Morgan fingerprint density at radius 1 is 1.00 bits per heavy atom. The van der Waals surface area contributed by atoms with Crippen molar-refractivity contribution < 1.29 is 4.79 Å². The Balaban J connectivity index is 1.51. The molecular formula is C25H21N5OS. The molecule has 2 aromatic carbocycles. The van der Waals surface area contributed by atoms with Crippen molar-refractivity contribution in [3.63, 3.8) is 0 Å². The highest BCUT2D eigenvalue weighted by Crippen LogP contribution is 2.32. The molecule has 0 saturated carbocycles. The SMILES string of the molecule is Cc1ccc(C2=NN3C(=N)/C(=C/c4cc(C)n(-c5ccccc5)c4C)C(=O)N=C3S2)cc1. The fraction of sp³-hybridized carbons (Fsp3) is 0.120. The molecular weight excluding hydrogens is 418 g/mol. The maximum Gasteiger partial charge on any atom is 0.283 e. The molecule has 1 amide bonds. The number of carbonyl (C=O) groups is 1. The largest absolute Gasteiger partial charge is 0.318 e. The van der Waals surface area contributed by atoms with Crippen molar-refractivity contribution in [2.24, 2.45) is 10.1 Å². The Labute approximate surface area is 190 Å². The standard InChI is InChI=1S/C25H21N5OS/c1-15-9-11-18(12-10-15)24-28-30-22(26)21(23(31)27-25(30)32-24)14-19-13-16(2)29(17(19)3)20-7-5-4-6-8-20/h4-14,26H,1-3H3/b21-14-,26-22?. The summed E-state index contributed by atoms with van der Waals surface area (Å²) >= 11 is 1.31. The second-order valence-corrected chi connectivity index (χ2v) is 8.74. The van der Waals surface area contributed by atoms with E-state index in [4.69, 9.17) is 5.41 Å². The van der Waals surface area contributed by atoms with Crippen LogP contribution in [0, 0.1) is 26.2 Å². The predicted octanol–water partition coefficient (Wildman–Crippen LogP) is 5.07. The zero-order valence-electron chi connectivity index (χ0n) is 18.0. The van der Waals surface area contributed by atoms with Gasteiger partial charge in [0.1, 0.15) is 5.04 Å². The Kier molecular flexibility index (Phi) is 4.90. The van der Waals surface area contributed by atoms with Gasteiger partial charge in [-0.3, -0.25) is 10.2 Å². The van der Waals surface area contributed by atoms with E-state index < -0.39 is 5.91 Å². The van der Waals surface area contributed by atoms with E-state index in [2.05, 4.69) is 14.7 Å². The molecule has 3 aromatic rings. The number of hydrogen-bond acceptors (Lipinski definition) is 4. The third kappa shape index (κ3) is 3.40. The summed E-state index contributed by atoms with van der Waals surface area (Å²) in [6.45, 7) is 6.07.